The van der Waals surface area contributed by atoms with Crippen LogP contribution in [0.4, 0.5) is 19.1 Å². The zero-order valence-corrected chi connectivity index (χ0v) is 26.5. The molecule has 3 heterocycles. The lowest BCUT2D eigenvalue weighted by Crippen LogP contribution is -2.35. The Morgan fingerprint density at radius 3 is 2.57 bits per heavy atom. The van der Waals surface area contributed by atoms with Gasteiger partial charge >= 0.3 is 6.18 Å². The van der Waals surface area contributed by atoms with Crippen LogP contribution in [-0.2, 0) is 11.3 Å². The molecule has 47 heavy (non-hydrogen) atoms. The molecule has 4 aromatic rings. The number of amides is 1. The fourth-order valence-electron chi connectivity index (χ4n) is 6.35. The number of aromatic nitrogens is 2. The SMILES string of the molecule is CN(CC(CCN1CCCN(c2nc3ccccc3n2CCOCC(F)(F)F)CC1)c1ccc2c(c1)OCO2)C(=O)c1ccccc1. The summed E-state index contributed by atoms with van der Waals surface area (Å²) in [7, 11) is 1.85. The summed E-state index contributed by atoms with van der Waals surface area (Å²) in [6.45, 7) is 3.75. The highest BCUT2D eigenvalue weighted by atomic mass is 19.4. The van der Waals surface area contributed by atoms with Gasteiger partial charge in [0.05, 0.1) is 17.6 Å². The molecule has 0 N–H and O–H groups in total. The van der Waals surface area contributed by atoms with E-state index in [2.05, 4.69) is 15.9 Å². The number of hydrogen-bond donors (Lipinski definition) is 0. The molecule has 1 amide bonds. The van der Waals surface area contributed by atoms with E-state index in [1.54, 1.807) is 4.90 Å². The number of benzene rings is 3. The first-order valence-electron chi connectivity index (χ1n) is 16.0. The van der Waals surface area contributed by atoms with Crippen LogP contribution in [0, 0.1) is 0 Å². The van der Waals surface area contributed by atoms with Gasteiger partial charge < -0.3 is 33.5 Å². The van der Waals surface area contributed by atoms with E-state index in [-0.39, 0.29) is 31.8 Å². The van der Waals surface area contributed by atoms with Crippen LogP contribution in [0.1, 0.15) is 34.7 Å². The van der Waals surface area contributed by atoms with Crippen LogP contribution >= 0.6 is 0 Å². The molecule has 3 aromatic carbocycles. The number of ether oxygens (including phenoxy) is 3. The van der Waals surface area contributed by atoms with Crippen LogP contribution in [0.5, 0.6) is 11.5 Å². The highest BCUT2D eigenvalue weighted by molar-refractivity contribution is 5.94. The molecule has 6 rings (SSSR count). The Labute approximate surface area is 272 Å². The van der Waals surface area contributed by atoms with E-state index >= 15 is 0 Å². The molecule has 1 unspecified atom stereocenters. The summed E-state index contributed by atoms with van der Waals surface area (Å²) in [5.41, 5.74) is 3.44. The Bertz CT molecular complexity index is 1650. The molecular formula is C35H40F3N5O4. The molecule has 1 aromatic heterocycles. The molecule has 0 aliphatic carbocycles. The number of halogens is 3. The van der Waals surface area contributed by atoms with Crippen molar-refractivity contribution in [2.45, 2.75) is 31.5 Å². The number of fused-ring (bicyclic) bond motifs is 2. The van der Waals surface area contributed by atoms with Gasteiger partial charge in [-0.1, -0.05) is 36.4 Å². The molecule has 2 aliphatic rings. The second-order valence-corrected chi connectivity index (χ2v) is 12.1. The Balaban J connectivity index is 1.12. The average Bonchev–Trinajstić information content (AvgIpc) is 3.62. The van der Waals surface area contributed by atoms with E-state index in [4.69, 9.17) is 19.2 Å². The number of likely N-dealkylation sites (N-methyl/N-ethyl adjacent to an activating group) is 1. The van der Waals surface area contributed by atoms with Crippen molar-refractivity contribution < 1.29 is 32.2 Å². The van der Waals surface area contributed by atoms with Crippen molar-refractivity contribution in [1.29, 1.82) is 0 Å². The summed E-state index contributed by atoms with van der Waals surface area (Å²) in [5.74, 6) is 2.26. The standard InChI is InChI=1S/C35H40F3N5O4/c1-40(33(44)26-8-3-2-4-9-26)23-28(27-12-13-31-32(22-27)47-25-46-31)14-17-41-15-7-16-42(19-18-41)34-39-29-10-5-6-11-30(29)43(34)20-21-45-24-35(36,37)38/h2-6,8-13,22,28H,7,14-21,23-25H2,1H3. The first-order valence-corrected chi connectivity index (χ1v) is 16.0. The van der Waals surface area contributed by atoms with Gasteiger partial charge in [-0.2, -0.15) is 13.2 Å². The van der Waals surface area contributed by atoms with E-state index < -0.39 is 12.8 Å². The molecule has 0 saturated carbocycles. The Kier molecular flexibility index (Phi) is 10.2. The number of nitrogens with zero attached hydrogens (tertiary/aromatic N) is 5. The van der Waals surface area contributed by atoms with Crippen molar-refractivity contribution in [1.82, 2.24) is 19.4 Å². The number of alkyl halides is 3. The monoisotopic (exact) mass is 651 g/mol. The molecule has 12 heteroatoms. The molecule has 1 fully saturated rings. The van der Waals surface area contributed by atoms with Crippen LogP contribution in [0.2, 0.25) is 0 Å². The van der Waals surface area contributed by atoms with Gasteiger partial charge in [0.1, 0.15) is 6.61 Å². The second-order valence-electron chi connectivity index (χ2n) is 12.1. The average molecular weight is 652 g/mol. The minimum absolute atomic E-state index is 0.0200. The number of carbonyl (C=O) groups is 1. The highest BCUT2D eigenvalue weighted by Gasteiger charge is 2.28. The van der Waals surface area contributed by atoms with Gasteiger partial charge in [0, 0.05) is 51.3 Å². The molecule has 0 bridgehead atoms. The van der Waals surface area contributed by atoms with Crippen molar-refractivity contribution in [2.75, 3.05) is 71.2 Å². The molecule has 9 nitrogen and oxygen atoms in total. The quantitative estimate of drug-likeness (QED) is 0.179. The van der Waals surface area contributed by atoms with Gasteiger partial charge in [-0.05, 0) is 67.9 Å². The molecule has 0 spiro atoms. The third-order valence-electron chi connectivity index (χ3n) is 8.75. The summed E-state index contributed by atoms with van der Waals surface area (Å²) < 4.78 is 56.1. The number of carbonyl (C=O) groups excluding carboxylic acids is 1. The maximum Gasteiger partial charge on any atom is 0.411 e. The van der Waals surface area contributed by atoms with E-state index in [1.165, 1.54) is 0 Å². The van der Waals surface area contributed by atoms with Gasteiger partial charge in [0.25, 0.3) is 5.91 Å². The second kappa shape index (κ2) is 14.6. The Morgan fingerprint density at radius 2 is 1.74 bits per heavy atom. The first-order chi connectivity index (χ1) is 22.7. The zero-order valence-electron chi connectivity index (χ0n) is 26.5. The third kappa shape index (κ3) is 8.17. The minimum atomic E-state index is -4.36. The molecule has 2 aliphatic heterocycles. The summed E-state index contributed by atoms with van der Waals surface area (Å²) in [4.78, 5) is 24.6. The number of hydrogen-bond acceptors (Lipinski definition) is 7. The van der Waals surface area contributed by atoms with Gasteiger partial charge in [-0.15, -0.1) is 0 Å². The molecule has 1 saturated heterocycles. The first kappa shape index (κ1) is 32.6. The predicted octanol–water partition coefficient (Wildman–Crippen LogP) is 5.80. The van der Waals surface area contributed by atoms with Crippen LogP contribution in [0.15, 0.2) is 72.8 Å². The van der Waals surface area contributed by atoms with Crippen LogP contribution in [-0.4, -0.2) is 97.8 Å². The van der Waals surface area contributed by atoms with Crippen LogP contribution in [0.25, 0.3) is 11.0 Å². The van der Waals surface area contributed by atoms with E-state index in [1.807, 2.05) is 78.3 Å². The van der Waals surface area contributed by atoms with E-state index in [0.29, 0.717) is 12.1 Å². The van der Waals surface area contributed by atoms with Crippen molar-refractivity contribution in [3.8, 4) is 11.5 Å². The van der Waals surface area contributed by atoms with Crippen molar-refractivity contribution in [3.63, 3.8) is 0 Å². The summed E-state index contributed by atoms with van der Waals surface area (Å²) >= 11 is 0. The molecule has 250 valence electrons. The van der Waals surface area contributed by atoms with Crippen LogP contribution in [0.3, 0.4) is 0 Å². The van der Waals surface area contributed by atoms with Gasteiger partial charge in [-0.3, -0.25) is 4.79 Å². The van der Waals surface area contributed by atoms with Crippen LogP contribution < -0.4 is 14.4 Å². The Hall–Kier alpha value is -4.29. The lowest BCUT2D eigenvalue weighted by molar-refractivity contribution is -0.174. The molecule has 1 atom stereocenters. The number of anilines is 1. The maximum atomic E-state index is 13.2. The highest BCUT2D eigenvalue weighted by Crippen LogP contribution is 2.36. The van der Waals surface area contributed by atoms with Gasteiger partial charge in [0.15, 0.2) is 11.5 Å². The zero-order chi connectivity index (χ0) is 32.8. The van der Waals surface area contributed by atoms with Crippen molar-refractivity contribution in [2.24, 2.45) is 0 Å². The minimum Gasteiger partial charge on any atom is -0.454 e. The lowest BCUT2D eigenvalue weighted by atomic mass is 9.94. The van der Waals surface area contributed by atoms with E-state index in [0.717, 1.165) is 79.6 Å². The lowest BCUT2D eigenvalue weighted by Gasteiger charge is -2.28. The van der Waals surface area contributed by atoms with Crippen molar-refractivity contribution >= 4 is 22.9 Å². The molecular weight excluding hydrogens is 611 g/mol. The third-order valence-corrected chi connectivity index (χ3v) is 8.75. The normalized spacial score (nSPS) is 16.0. The molecule has 0 radical (unpaired) electrons. The largest absolute Gasteiger partial charge is 0.454 e. The summed E-state index contributed by atoms with van der Waals surface area (Å²) in [6, 6.07) is 23.0. The topological polar surface area (TPSA) is 72.3 Å². The Morgan fingerprint density at radius 1 is 0.957 bits per heavy atom. The summed E-state index contributed by atoms with van der Waals surface area (Å²) in [6.07, 6.45) is -2.61. The fraction of sp³-hybridized carbons (Fsp3) is 0.429. The fourth-order valence-corrected chi connectivity index (χ4v) is 6.35. The van der Waals surface area contributed by atoms with Crippen molar-refractivity contribution in [3.05, 3.63) is 83.9 Å². The maximum absolute atomic E-state index is 13.2. The van der Waals surface area contributed by atoms with E-state index in [9.17, 15) is 18.0 Å². The number of para-hydroxylation sites is 2. The smallest absolute Gasteiger partial charge is 0.411 e. The van der Waals surface area contributed by atoms with Gasteiger partial charge in [-0.25, -0.2) is 4.98 Å². The van der Waals surface area contributed by atoms with Gasteiger partial charge in [0.2, 0.25) is 12.7 Å². The predicted molar refractivity (Wildman–Crippen MR) is 173 cm³/mol. The number of imidazole rings is 1. The summed E-state index contributed by atoms with van der Waals surface area (Å²) in [5, 5.41) is 0. The number of rotatable bonds is 12.